The average Bonchev–Trinajstić information content (AvgIpc) is 2.75. The van der Waals surface area contributed by atoms with Crippen LogP contribution in [0, 0.1) is 5.41 Å². The van der Waals surface area contributed by atoms with Crippen LogP contribution < -0.4 is 15.3 Å². The van der Waals surface area contributed by atoms with Gasteiger partial charge in [0, 0.05) is 24.8 Å². The number of unbranched alkanes of at least 4 members (excludes halogenated alkanes) is 3. The highest BCUT2D eigenvalue weighted by Crippen LogP contribution is 2.28. The quantitative estimate of drug-likeness (QED) is 0.235. The van der Waals surface area contributed by atoms with E-state index in [1.165, 1.54) is 6.07 Å². The third kappa shape index (κ3) is 7.01. The smallest absolute Gasteiger partial charge is 0.339 e. The molecule has 1 heterocycles. The lowest BCUT2D eigenvalue weighted by Crippen LogP contribution is -2.26. The second-order valence-electron chi connectivity index (χ2n) is 8.42. The second-order valence-corrected chi connectivity index (χ2v) is 8.42. The van der Waals surface area contributed by atoms with Crippen LogP contribution in [0.5, 0.6) is 5.75 Å². The van der Waals surface area contributed by atoms with Crippen LogP contribution in [0.2, 0.25) is 0 Å². The Balaban J connectivity index is 1.81. The Bertz CT molecular complexity index is 898. The molecule has 6 nitrogen and oxygen atoms in total. The van der Waals surface area contributed by atoms with Crippen molar-refractivity contribution in [1.29, 1.82) is 0 Å². The number of fused-ring (bicyclic) bond motifs is 1. The number of nitrogens with zero attached hydrogens (tertiary/aromatic N) is 1. The molecule has 0 amide bonds. The molecule has 0 fully saturated rings. The molecule has 0 radical (unpaired) electrons. The summed E-state index contributed by atoms with van der Waals surface area (Å²) in [6.07, 6.45) is 4.42. The first-order valence-electron chi connectivity index (χ1n) is 11.4. The molecule has 1 aromatic carbocycles. The van der Waals surface area contributed by atoms with E-state index in [1.807, 2.05) is 39.0 Å². The van der Waals surface area contributed by atoms with Crippen LogP contribution >= 0.6 is 0 Å². The third-order valence-electron chi connectivity index (χ3n) is 5.78. The van der Waals surface area contributed by atoms with Crippen molar-refractivity contribution in [2.24, 2.45) is 5.41 Å². The van der Waals surface area contributed by atoms with Gasteiger partial charge < -0.3 is 18.8 Å². The van der Waals surface area contributed by atoms with Crippen LogP contribution in [0.1, 0.15) is 66.7 Å². The Labute approximate surface area is 185 Å². The second kappa shape index (κ2) is 11.8. The largest absolute Gasteiger partial charge is 0.493 e. The van der Waals surface area contributed by atoms with Gasteiger partial charge >= 0.3 is 11.6 Å². The minimum Gasteiger partial charge on any atom is -0.493 e. The molecule has 2 rings (SSSR count). The Morgan fingerprint density at radius 3 is 2.32 bits per heavy atom. The van der Waals surface area contributed by atoms with E-state index < -0.39 is 11.0 Å². The maximum atomic E-state index is 12.0. The Morgan fingerprint density at radius 1 is 1.00 bits per heavy atom. The molecule has 0 unspecified atom stereocenters. The van der Waals surface area contributed by atoms with E-state index in [9.17, 15) is 9.59 Å². The molecule has 0 aliphatic rings. The number of hydrogen-bond donors (Lipinski definition) is 0. The molecule has 0 spiro atoms. The zero-order chi connectivity index (χ0) is 22.9. The molecule has 1 aromatic heterocycles. The van der Waals surface area contributed by atoms with Gasteiger partial charge in [-0.2, -0.15) is 0 Å². The van der Waals surface area contributed by atoms with Gasteiger partial charge in [0.2, 0.25) is 0 Å². The maximum absolute atomic E-state index is 12.0. The number of anilines is 1. The Hall–Kier alpha value is -2.50. The molecule has 0 aliphatic carbocycles. The molecule has 0 bridgehead atoms. The minimum atomic E-state index is -0.412. The molecule has 31 heavy (non-hydrogen) atoms. The molecular weight excluding hydrogens is 394 g/mol. The lowest BCUT2D eigenvalue weighted by molar-refractivity contribution is -0.154. The zero-order valence-electron chi connectivity index (χ0n) is 19.7. The first-order valence-corrected chi connectivity index (χ1v) is 11.4. The van der Waals surface area contributed by atoms with Gasteiger partial charge in [-0.25, -0.2) is 4.79 Å². The lowest BCUT2D eigenvalue weighted by atomic mass is 9.91. The molecule has 2 aromatic rings. The van der Waals surface area contributed by atoms with Crippen molar-refractivity contribution in [2.75, 3.05) is 31.2 Å². The van der Waals surface area contributed by atoms with Crippen molar-refractivity contribution < 1.29 is 18.7 Å². The molecule has 0 N–H and O–H groups in total. The number of esters is 1. The van der Waals surface area contributed by atoms with Gasteiger partial charge in [-0.15, -0.1) is 0 Å². The highest BCUT2D eigenvalue weighted by molar-refractivity contribution is 5.86. The van der Waals surface area contributed by atoms with Crippen molar-refractivity contribution in [2.45, 2.75) is 66.7 Å². The van der Waals surface area contributed by atoms with E-state index in [4.69, 9.17) is 13.9 Å². The van der Waals surface area contributed by atoms with E-state index >= 15 is 0 Å². The van der Waals surface area contributed by atoms with Gasteiger partial charge in [-0.1, -0.05) is 6.92 Å². The fourth-order valence-electron chi connectivity index (χ4n) is 3.27. The first-order chi connectivity index (χ1) is 14.8. The van der Waals surface area contributed by atoms with Crippen molar-refractivity contribution in [3.63, 3.8) is 0 Å². The van der Waals surface area contributed by atoms with Crippen LogP contribution in [-0.4, -0.2) is 32.3 Å². The molecule has 0 saturated carbocycles. The van der Waals surface area contributed by atoms with Gasteiger partial charge in [-0.05, 0) is 71.9 Å². The summed E-state index contributed by atoms with van der Waals surface area (Å²) in [7, 11) is 0. The molecule has 0 aliphatic heterocycles. The van der Waals surface area contributed by atoms with Crippen LogP contribution in [0.3, 0.4) is 0 Å². The van der Waals surface area contributed by atoms with Crippen LogP contribution in [-0.2, 0) is 9.53 Å². The summed E-state index contributed by atoms with van der Waals surface area (Å²) in [5, 5.41) is 0.806. The molecule has 0 saturated heterocycles. The number of carbonyl (C=O) groups excluding carboxylic acids is 1. The number of ether oxygens (including phenoxy) is 2. The predicted molar refractivity (Wildman–Crippen MR) is 125 cm³/mol. The monoisotopic (exact) mass is 431 g/mol. The Morgan fingerprint density at radius 2 is 1.68 bits per heavy atom. The van der Waals surface area contributed by atoms with Crippen LogP contribution in [0.25, 0.3) is 11.0 Å². The average molecular weight is 432 g/mol. The minimum absolute atomic E-state index is 0.128. The van der Waals surface area contributed by atoms with E-state index in [-0.39, 0.29) is 5.97 Å². The van der Waals surface area contributed by atoms with Crippen LogP contribution in [0.15, 0.2) is 33.5 Å². The van der Waals surface area contributed by atoms with Gasteiger partial charge in [0.1, 0.15) is 11.3 Å². The van der Waals surface area contributed by atoms with Crippen molar-refractivity contribution in [3.8, 4) is 5.75 Å². The fraction of sp³-hybridized carbons (Fsp3) is 0.600. The van der Waals surface area contributed by atoms with Crippen molar-refractivity contribution >= 4 is 22.6 Å². The SMILES string of the molecule is CCN(CC)c1ccc2c(OCCCCCCOC(=O)C(C)(C)CC)cc(=O)oc2c1. The van der Waals surface area contributed by atoms with E-state index in [0.29, 0.717) is 24.5 Å². The normalized spacial score (nSPS) is 11.5. The van der Waals surface area contributed by atoms with Gasteiger partial charge in [0.15, 0.2) is 0 Å². The summed E-state index contributed by atoms with van der Waals surface area (Å²) in [4.78, 5) is 26.1. The molecule has 6 heteroatoms. The fourth-order valence-corrected chi connectivity index (χ4v) is 3.27. The molecule has 0 atom stereocenters. The summed E-state index contributed by atoms with van der Waals surface area (Å²) in [5.41, 5.74) is 0.756. The molecule has 172 valence electrons. The number of hydrogen-bond acceptors (Lipinski definition) is 6. The van der Waals surface area contributed by atoms with Crippen LogP contribution in [0.4, 0.5) is 5.69 Å². The van der Waals surface area contributed by atoms with E-state index in [0.717, 1.165) is 56.3 Å². The topological polar surface area (TPSA) is 69.0 Å². The summed E-state index contributed by atoms with van der Waals surface area (Å²) < 4.78 is 16.7. The third-order valence-corrected chi connectivity index (χ3v) is 5.78. The summed E-state index contributed by atoms with van der Waals surface area (Å²) >= 11 is 0. The van der Waals surface area contributed by atoms with E-state index in [2.05, 4.69) is 18.7 Å². The van der Waals surface area contributed by atoms with Crippen molar-refractivity contribution in [3.05, 3.63) is 34.7 Å². The Kier molecular flexibility index (Phi) is 9.41. The molecular formula is C25H37NO5. The summed E-state index contributed by atoms with van der Waals surface area (Å²) in [5.74, 6) is 0.436. The zero-order valence-corrected chi connectivity index (χ0v) is 19.7. The lowest BCUT2D eigenvalue weighted by Gasteiger charge is -2.21. The van der Waals surface area contributed by atoms with Gasteiger partial charge in [-0.3, -0.25) is 4.79 Å². The maximum Gasteiger partial charge on any atom is 0.339 e. The first kappa shape index (κ1) is 24.8. The van der Waals surface area contributed by atoms with Gasteiger partial charge in [0.25, 0.3) is 0 Å². The number of carbonyl (C=O) groups is 1. The standard InChI is InChI=1S/C25H37NO5/c1-6-25(4,5)24(28)30-16-12-10-9-11-15-29-21-18-23(27)31-22-17-19(13-14-20(21)22)26(7-2)8-3/h13-14,17-18H,6-12,15-16H2,1-5H3. The van der Waals surface area contributed by atoms with E-state index in [1.54, 1.807) is 0 Å². The van der Waals surface area contributed by atoms with Crippen molar-refractivity contribution in [1.82, 2.24) is 0 Å². The summed E-state index contributed by atoms with van der Waals surface area (Å²) in [6.45, 7) is 12.8. The number of benzene rings is 1. The summed E-state index contributed by atoms with van der Waals surface area (Å²) in [6, 6.07) is 7.29. The highest BCUT2D eigenvalue weighted by Gasteiger charge is 2.26. The predicted octanol–water partition coefficient (Wildman–Crippen LogP) is 5.56. The highest BCUT2D eigenvalue weighted by atomic mass is 16.5. The van der Waals surface area contributed by atoms with Gasteiger partial charge in [0.05, 0.1) is 30.1 Å². The number of rotatable bonds is 13.